The van der Waals surface area contributed by atoms with Gasteiger partial charge in [-0.3, -0.25) is 0 Å². The van der Waals surface area contributed by atoms with Crippen LogP contribution in [0.1, 0.15) is 50.7 Å². The van der Waals surface area contributed by atoms with Crippen LogP contribution in [0, 0.1) is 0 Å². The first-order valence-electron chi connectivity index (χ1n) is 6.50. The molecule has 1 aromatic rings. The van der Waals surface area contributed by atoms with Gasteiger partial charge in [0.05, 0.1) is 5.69 Å². The summed E-state index contributed by atoms with van der Waals surface area (Å²) in [7, 11) is 0. The van der Waals surface area contributed by atoms with Crippen LogP contribution >= 0.6 is 0 Å². The molecule has 1 heterocycles. The second kappa shape index (κ2) is 6.07. The smallest absolute Gasteiger partial charge is 0.157 e. The molecule has 1 unspecified atom stereocenters. The van der Waals surface area contributed by atoms with Gasteiger partial charge in [0.1, 0.15) is 6.10 Å². The summed E-state index contributed by atoms with van der Waals surface area (Å²) in [5.74, 6) is 0.810. The van der Waals surface area contributed by atoms with E-state index in [0.717, 1.165) is 24.5 Å². The minimum Gasteiger partial charge on any atom is -0.371 e. The maximum absolute atomic E-state index is 5.62. The topological polar surface area (TPSA) is 47.0 Å². The van der Waals surface area contributed by atoms with Crippen molar-refractivity contribution in [1.82, 2.24) is 15.3 Å². The standard InChI is InChI=1S/C13H21N3O/c1-3-12(17-4-2)13-14-8-7-11(16-13)9-15-10-5-6-10/h7-8,10,12,15H,3-6,9H2,1-2H3. The minimum absolute atomic E-state index is 0.0286. The van der Waals surface area contributed by atoms with Crippen molar-refractivity contribution < 1.29 is 4.74 Å². The number of rotatable bonds is 7. The molecule has 0 spiro atoms. The van der Waals surface area contributed by atoms with Crippen LogP contribution in [0.25, 0.3) is 0 Å². The molecule has 0 radical (unpaired) electrons. The van der Waals surface area contributed by atoms with Crippen molar-refractivity contribution in [3.05, 3.63) is 23.8 Å². The van der Waals surface area contributed by atoms with Gasteiger partial charge in [0, 0.05) is 25.4 Å². The van der Waals surface area contributed by atoms with Crippen molar-refractivity contribution in [1.29, 1.82) is 0 Å². The van der Waals surface area contributed by atoms with E-state index in [1.54, 1.807) is 0 Å². The highest BCUT2D eigenvalue weighted by molar-refractivity contribution is 5.04. The van der Waals surface area contributed by atoms with Crippen molar-refractivity contribution >= 4 is 0 Å². The van der Waals surface area contributed by atoms with Crippen LogP contribution in [0.4, 0.5) is 0 Å². The number of nitrogens with zero attached hydrogens (tertiary/aromatic N) is 2. The zero-order valence-electron chi connectivity index (χ0n) is 10.6. The molecule has 94 valence electrons. The fourth-order valence-electron chi connectivity index (χ4n) is 1.78. The Balaban J connectivity index is 1.97. The van der Waals surface area contributed by atoms with E-state index in [1.165, 1.54) is 12.8 Å². The molecule has 1 fully saturated rings. The molecule has 1 N–H and O–H groups in total. The maximum Gasteiger partial charge on any atom is 0.157 e. The zero-order valence-corrected chi connectivity index (χ0v) is 10.6. The van der Waals surface area contributed by atoms with Gasteiger partial charge in [0.15, 0.2) is 5.82 Å². The first-order chi connectivity index (χ1) is 8.33. The van der Waals surface area contributed by atoms with Gasteiger partial charge >= 0.3 is 0 Å². The maximum atomic E-state index is 5.62. The summed E-state index contributed by atoms with van der Waals surface area (Å²) in [6, 6.07) is 2.68. The van der Waals surface area contributed by atoms with Gasteiger partial charge in [0.2, 0.25) is 0 Å². The number of hydrogen-bond acceptors (Lipinski definition) is 4. The Kier molecular flexibility index (Phi) is 4.45. The molecule has 0 aliphatic heterocycles. The summed E-state index contributed by atoms with van der Waals surface area (Å²) in [5, 5.41) is 3.46. The number of ether oxygens (including phenoxy) is 1. The van der Waals surface area contributed by atoms with E-state index < -0.39 is 0 Å². The minimum atomic E-state index is 0.0286. The Morgan fingerprint density at radius 2 is 2.29 bits per heavy atom. The van der Waals surface area contributed by atoms with Crippen LogP contribution in [0.5, 0.6) is 0 Å². The molecule has 1 aromatic heterocycles. The molecule has 4 heteroatoms. The van der Waals surface area contributed by atoms with E-state index in [4.69, 9.17) is 4.74 Å². The molecule has 0 aromatic carbocycles. The van der Waals surface area contributed by atoms with Crippen molar-refractivity contribution in [3.8, 4) is 0 Å². The van der Waals surface area contributed by atoms with Gasteiger partial charge < -0.3 is 10.1 Å². The largest absolute Gasteiger partial charge is 0.371 e. The lowest BCUT2D eigenvalue weighted by atomic mass is 10.2. The third-order valence-corrected chi connectivity index (χ3v) is 2.91. The Labute approximate surface area is 103 Å². The van der Waals surface area contributed by atoms with Crippen LogP contribution in [-0.2, 0) is 11.3 Å². The van der Waals surface area contributed by atoms with Crippen LogP contribution < -0.4 is 5.32 Å². The van der Waals surface area contributed by atoms with Gasteiger partial charge in [-0.1, -0.05) is 6.92 Å². The highest BCUT2D eigenvalue weighted by atomic mass is 16.5. The number of hydrogen-bond donors (Lipinski definition) is 1. The average molecular weight is 235 g/mol. The molecule has 1 aliphatic carbocycles. The number of aromatic nitrogens is 2. The van der Waals surface area contributed by atoms with Gasteiger partial charge in [-0.25, -0.2) is 9.97 Å². The molecule has 1 atom stereocenters. The second-order valence-electron chi connectivity index (χ2n) is 4.41. The molecular weight excluding hydrogens is 214 g/mol. The highest BCUT2D eigenvalue weighted by Crippen LogP contribution is 2.20. The van der Waals surface area contributed by atoms with Crippen LogP contribution in [0.3, 0.4) is 0 Å². The lowest BCUT2D eigenvalue weighted by Gasteiger charge is -2.14. The highest BCUT2D eigenvalue weighted by Gasteiger charge is 2.20. The third kappa shape index (κ3) is 3.75. The summed E-state index contributed by atoms with van der Waals surface area (Å²) in [5.41, 5.74) is 1.06. The quantitative estimate of drug-likeness (QED) is 0.787. The van der Waals surface area contributed by atoms with E-state index >= 15 is 0 Å². The predicted molar refractivity (Wildman–Crippen MR) is 66.6 cm³/mol. The average Bonchev–Trinajstić information content (AvgIpc) is 3.18. The molecule has 4 nitrogen and oxygen atoms in total. The molecule has 17 heavy (non-hydrogen) atoms. The van der Waals surface area contributed by atoms with E-state index in [2.05, 4.69) is 22.2 Å². The van der Waals surface area contributed by atoms with Crippen LogP contribution in [0.2, 0.25) is 0 Å². The van der Waals surface area contributed by atoms with Gasteiger partial charge in [-0.2, -0.15) is 0 Å². The summed E-state index contributed by atoms with van der Waals surface area (Å²) in [6.07, 6.45) is 5.37. The summed E-state index contributed by atoms with van der Waals surface area (Å²) < 4.78 is 5.62. The SMILES string of the molecule is CCOC(CC)c1nccc(CNC2CC2)n1. The van der Waals surface area contributed by atoms with Gasteiger partial charge in [0.25, 0.3) is 0 Å². The lowest BCUT2D eigenvalue weighted by Crippen LogP contribution is -2.17. The molecule has 0 bridgehead atoms. The van der Waals surface area contributed by atoms with E-state index in [9.17, 15) is 0 Å². The predicted octanol–water partition coefficient (Wildman–Crippen LogP) is 2.22. The Morgan fingerprint density at radius 1 is 1.47 bits per heavy atom. The fourth-order valence-corrected chi connectivity index (χ4v) is 1.78. The Hall–Kier alpha value is -1.00. The Morgan fingerprint density at radius 3 is 2.94 bits per heavy atom. The van der Waals surface area contributed by atoms with E-state index in [-0.39, 0.29) is 6.10 Å². The zero-order chi connectivity index (χ0) is 12.1. The first kappa shape index (κ1) is 12.5. The second-order valence-corrected chi connectivity index (χ2v) is 4.41. The number of nitrogens with one attached hydrogen (secondary N) is 1. The molecule has 0 amide bonds. The van der Waals surface area contributed by atoms with E-state index in [0.29, 0.717) is 12.6 Å². The molecule has 0 saturated heterocycles. The first-order valence-corrected chi connectivity index (χ1v) is 6.50. The molecule has 1 saturated carbocycles. The Bertz CT molecular complexity index is 352. The van der Waals surface area contributed by atoms with Crippen molar-refractivity contribution in [2.24, 2.45) is 0 Å². The van der Waals surface area contributed by atoms with Crippen molar-refractivity contribution in [3.63, 3.8) is 0 Å². The van der Waals surface area contributed by atoms with Crippen LogP contribution in [0.15, 0.2) is 12.3 Å². The van der Waals surface area contributed by atoms with Crippen LogP contribution in [-0.4, -0.2) is 22.6 Å². The van der Waals surface area contributed by atoms with Crippen molar-refractivity contribution in [2.45, 2.75) is 51.8 Å². The van der Waals surface area contributed by atoms with Gasteiger partial charge in [-0.15, -0.1) is 0 Å². The van der Waals surface area contributed by atoms with Crippen molar-refractivity contribution in [2.75, 3.05) is 6.61 Å². The molecule has 2 rings (SSSR count). The third-order valence-electron chi connectivity index (χ3n) is 2.91. The molecular formula is C13H21N3O. The lowest BCUT2D eigenvalue weighted by molar-refractivity contribution is 0.0533. The summed E-state index contributed by atoms with van der Waals surface area (Å²) in [6.45, 7) is 5.63. The summed E-state index contributed by atoms with van der Waals surface area (Å²) in [4.78, 5) is 8.87. The van der Waals surface area contributed by atoms with Gasteiger partial charge in [-0.05, 0) is 32.3 Å². The monoisotopic (exact) mass is 235 g/mol. The molecule has 1 aliphatic rings. The normalized spacial score (nSPS) is 17.1. The van der Waals surface area contributed by atoms with E-state index in [1.807, 2.05) is 19.2 Å². The fraction of sp³-hybridized carbons (Fsp3) is 0.692. The summed E-state index contributed by atoms with van der Waals surface area (Å²) >= 11 is 0.